The minimum absolute atomic E-state index is 0.0403. The summed E-state index contributed by atoms with van der Waals surface area (Å²) in [6.07, 6.45) is 2.08. The minimum Gasteiger partial charge on any atom is -0.340 e. The smallest absolute Gasteiger partial charge is 0.248 e. The van der Waals surface area contributed by atoms with Crippen LogP contribution in [0.25, 0.3) is 0 Å². The third-order valence-electron chi connectivity index (χ3n) is 2.94. The second-order valence-corrected chi connectivity index (χ2v) is 4.73. The van der Waals surface area contributed by atoms with Crippen LogP contribution in [0, 0.1) is 0 Å². The Morgan fingerprint density at radius 1 is 1.36 bits per heavy atom. The van der Waals surface area contributed by atoms with Crippen molar-refractivity contribution in [2.45, 2.75) is 51.2 Å². The standard InChI is InChI=1S/C10H16N2O2/c1-6-8(13)11-10(2,3)9(14)12(6)7-4-5-7/h6-7H,4-5H2,1-3H3,(H,11,13). The normalized spacial score (nSPS) is 31.6. The Kier molecular flexibility index (Phi) is 1.84. The minimum atomic E-state index is -0.730. The van der Waals surface area contributed by atoms with Crippen LogP contribution in [0.1, 0.15) is 33.6 Å². The van der Waals surface area contributed by atoms with E-state index in [1.807, 2.05) is 0 Å². The molecule has 1 atom stereocenters. The molecule has 1 saturated heterocycles. The van der Waals surface area contributed by atoms with E-state index in [1.54, 1.807) is 25.7 Å². The van der Waals surface area contributed by atoms with Crippen LogP contribution in [0.3, 0.4) is 0 Å². The third-order valence-corrected chi connectivity index (χ3v) is 2.94. The highest BCUT2D eigenvalue weighted by Gasteiger charge is 2.48. The number of carbonyl (C=O) groups excluding carboxylic acids is 2. The maximum Gasteiger partial charge on any atom is 0.248 e. The summed E-state index contributed by atoms with van der Waals surface area (Å²) < 4.78 is 0. The van der Waals surface area contributed by atoms with E-state index >= 15 is 0 Å². The summed E-state index contributed by atoms with van der Waals surface area (Å²) in [5, 5.41) is 2.74. The SMILES string of the molecule is CC1C(=O)NC(C)(C)C(=O)N1C1CC1. The molecule has 1 heterocycles. The molecule has 0 bridgehead atoms. The first kappa shape index (κ1) is 9.49. The van der Waals surface area contributed by atoms with E-state index in [4.69, 9.17) is 0 Å². The van der Waals surface area contributed by atoms with Crippen molar-refractivity contribution in [3.05, 3.63) is 0 Å². The maximum atomic E-state index is 12.0. The van der Waals surface area contributed by atoms with Crippen LogP contribution in [0.5, 0.6) is 0 Å². The average molecular weight is 196 g/mol. The number of rotatable bonds is 1. The van der Waals surface area contributed by atoms with Gasteiger partial charge in [0.2, 0.25) is 11.8 Å². The summed E-state index contributed by atoms with van der Waals surface area (Å²) in [7, 11) is 0. The third kappa shape index (κ3) is 1.29. The van der Waals surface area contributed by atoms with E-state index in [9.17, 15) is 9.59 Å². The molecule has 14 heavy (non-hydrogen) atoms. The van der Waals surface area contributed by atoms with Crippen molar-refractivity contribution in [1.82, 2.24) is 10.2 Å². The molecule has 0 spiro atoms. The molecular weight excluding hydrogens is 180 g/mol. The Bertz CT molecular complexity index is 294. The van der Waals surface area contributed by atoms with Gasteiger partial charge in [-0.25, -0.2) is 0 Å². The van der Waals surface area contributed by atoms with Gasteiger partial charge in [0.1, 0.15) is 11.6 Å². The molecule has 4 heteroatoms. The molecule has 2 aliphatic rings. The Balaban J connectivity index is 2.27. The molecule has 0 aromatic rings. The number of hydrogen-bond donors (Lipinski definition) is 1. The van der Waals surface area contributed by atoms with Crippen LogP contribution in [0.15, 0.2) is 0 Å². The predicted octanol–water partition coefficient (Wildman–Crippen LogP) is 0.274. The van der Waals surface area contributed by atoms with Gasteiger partial charge in [-0.1, -0.05) is 0 Å². The first-order valence-corrected chi connectivity index (χ1v) is 5.08. The molecule has 2 rings (SSSR count). The lowest BCUT2D eigenvalue weighted by molar-refractivity contribution is -0.153. The molecule has 0 radical (unpaired) electrons. The van der Waals surface area contributed by atoms with E-state index in [2.05, 4.69) is 5.32 Å². The van der Waals surface area contributed by atoms with E-state index in [0.29, 0.717) is 6.04 Å². The Labute approximate surface area is 83.6 Å². The van der Waals surface area contributed by atoms with Crippen molar-refractivity contribution >= 4 is 11.8 Å². The van der Waals surface area contributed by atoms with Crippen LogP contribution in [0.2, 0.25) is 0 Å². The fraction of sp³-hybridized carbons (Fsp3) is 0.800. The summed E-state index contributed by atoms with van der Waals surface area (Å²) in [6, 6.07) is 0.00542. The van der Waals surface area contributed by atoms with Crippen molar-refractivity contribution in [1.29, 1.82) is 0 Å². The van der Waals surface area contributed by atoms with Crippen molar-refractivity contribution in [3.63, 3.8) is 0 Å². The van der Waals surface area contributed by atoms with Gasteiger partial charge in [0, 0.05) is 6.04 Å². The van der Waals surface area contributed by atoms with Crippen LogP contribution in [-0.4, -0.2) is 34.3 Å². The lowest BCUT2D eigenvalue weighted by Gasteiger charge is -2.41. The Morgan fingerprint density at radius 3 is 2.43 bits per heavy atom. The molecule has 0 aromatic heterocycles. The van der Waals surface area contributed by atoms with Crippen molar-refractivity contribution < 1.29 is 9.59 Å². The maximum absolute atomic E-state index is 12.0. The lowest BCUT2D eigenvalue weighted by atomic mass is 9.97. The van der Waals surface area contributed by atoms with Crippen LogP contribution < -0.4 is 5.32 Å². The quantitative estimate of drug-likeness (QED) is 0.654. The lowest BCUT2D eigenvalue weighted by Crippen LogP contribution is -2.67. The van der Waals surface area contributed by atoms with Gasteiger partial charge < -0.3 is 10.2 Å². The highest BCUT2D eigenvalue weighted by atomic mass is 16.2. The first-order valence-electron chi connectivity index (χ1n) is 5.08. The van der Waals surface area contributed by atoms with Gasteiger partial charge in [-0.2, -0.15) is 0 Å². The topological polar surface area (TPSA) is 49.4 Å². The second-order valence-electron chi connectivity index (χ2n) is 4.73. The van der Waals surface area contributed by atoms with Crippen molar-refractivity contribution in [2.75, 3.05) is 0 Å². The van der Waals surface area contributed by atoms with E-state index in [-0.39, 0.29) is 17.9 Å². The number of amides is 2. The van der Waals surface area contributed by atoms with Crippen molar-refractivity contribution in [3.8, 4) is 0 Å². The number of carbonyl (C=O) groups is 2. The summed E-state index contributed by atoms with van der Waals surface area (Å²) in [5.41, 5.74) is -0.730. The Hall–Kier alpha value is -1.06. The molecule has 4 nitrogen and oxygen atoms in total. The van der Waals surface area contributed by atoms with Crippen LogP contribution in [-0.2, 0) is 9.59 Å². The van der Waals surface area contributed by atoms with Crippen LogP contribution >= 0.6 is 0 Å². The zero-order valence-electron chi connectivity index (χ0n) is 8.83. The summed E-state index contributed by atoms with van der Waals surface area (Å²) in [4.78, 5) is 25.3. The average Bonchev–Trinajstić information content (AvgIpc) is 2.85. The van der Waals surface area contributed by atoms with Gasteiger partial charge in [-0.15, -0.1) is 0 Å². The van der Waals surface area contributed by atoms with Gasteiger partial charge in [0.25, 0.3) is 0 Å². The first-order chi connectivity index (χ1) is 6.43. The molecule has 2 fully saturated rings. The highest BCUT2D eigenvalue weighted by Crippen LogP contribution is 2.32. The van der Waals surface area contributed by atoms with E-state index in [1.165, 1.54) is 0 Å². The molecule has 78 valence electrons. The summed E-state index contributed by atoms with van der Waals surface area (Å²) >= 11 is 0. The zero-order chi connectivity index (χ0) is 10.5. The van der Waals surface area contributed by atoms with Crippen LogP contribution in [0.4, 0.5) is 0 Å². The highest BCUT2D eigenvalue weighted by molar-refractivity contribution is 5.99. The second kappa shape index (κ2) is 2.72. The van der Waals surface area contributed by atoms with Crippen molar-refractivity contribution in [2.24, 2.45) is 0 Å². The molecule has 1 N–H and O–H groups in total. The van der Waals surface area contributed by atoms with E-state index in [0.717, 1.165) is 12.8 Å². The van der Waals surface area contributed by atoms with Gasteiger partial charge >= 0.3 is 0 Å². The molecule has 1 saturated carbocycles. The molecule has 1 unspecified atom stereocenters. The van der Waals surface area contributed by atoms with Gasteiger partial charge in [-0.05, 0) is 33.6 Å². The number of hydrogen-bond acceptors (Lipinski definition) is 2. The summed E-state index contributed by atoms with van der Waals surface area (Å²) in [6.45, 7) is 5.31. The monoisotopic (exact) mass is 196 g/mol. The number of nitrogens with zero attached hydrogens (tertiary/aromatic N) is 1. The number of nitrogens with one attached hydrogen (secondary N) is 1. The molecule has 0 aromatic carbocycles. The fourth-order valence-electron chi connectivity index (χ4n) is 1.93. The van der Waals surface area contributed by atoms with Gasteiger partial charge in [0.15, 0.2) is 0 Å². The molecule has 1 aliphatic heterocycles. The zero-order valence-corrected chi connectivity index (χ0v) is 8.83. The molecular formula is C10H16N2O2. The summed E-state index contributed by atoms with van der Waals surface area (Å²) in [5.74, 6) is 0.00796. The molecule has 2 amide bonds. The van der Waals surface area contributed by atoms with E-state index < -0.39 is 5.54 Å². The number of piperazine rings is 1. The molecule has 1 aliphatic carbocycles. The predicted molar refractivity (Wildman–Crippen MR) is 51.6 cm³/mol. The largest absolute Gasteiger partial charge is 0.340 e. The van der Waals surface area contributed by atoms with Gasteiger partial charge in [-0.3, -0.25) is 9.59 Å². The van der Waals surface area contributed by atoms with Gasteiger partial charge in [0.05, 0.1) is 0 Å². The fourth-order valence-corrected chi connectivity index (χ4v) is 1.93. The Morgan fingerprint density at radius 2 is 1.93 bits per heavy atom.